The molecule has 0 heterocycles. The predicted octanol–water partition coefficient (Wildman–Crippen LogP) is 2.24. The zero-order valence-corrected chi connectivity index (χ0v) is 11.0. The maximum Gasteiger partial charge on any atom is 0.220 e. The van der Waals surface area contributed by atoms with E-state index in [0.717, 1.165) is 37.8 Å². The van der Waals surface area contributed by atoms with Crippen LogP contribution in [0.25, 0.3) is 0 Å². The second-order valence-electron chi connectivity index (χ2n) is 5.21. The molecule has 3 N–H and O–H groups in total. The minimum Gasteiger partial charge on any atom is -0.369 e. The summed E-state index contributed by atoms with van der Waals surface area (Å²) in [5, 5.41) is 3.16. The molecular formula is C14H17F3N2O. The predicted molar refractivity (Wildman–Crippen MR) is 68.1 cm³/mol. The van der Waals surface area contributed by atoms with Gasteiger partial charge in [0.2, 0.25) is 5.91 Å². The van der Waals surface area contributed by atoms with Crippen molar-refractivity contribution < 1.29 is 18.0 Å². The Morgan fingerprint density at radius 2 is 1.70 bits per heavy atom. The van der Waals surface area contributed by atoms with E-state index in [9.17, 15) is 18.0 Å². The van der Waals surface area contributed by atoms with Gasteiger partial charge in [-0.05, 0) is 43.4 Å². The molecule has 0 aromatic heterocycles. The van der Waals surface area contributed by atoms with E-state index in [4.69, 9.17) is 5.73 Å². The van der Waals surface area contributed by atoms with Gasteiger partial charge in [0, 0.05) is 18.5 Å². The zero-order chi connectivity index (χ0) is 14.7. The van der Waals surface area contributed by atoms with Crippen LogP contribution in [0.2, 0.25) is 0 Å². The summed E-state index contributed by atoms with van der Waals surface area (Å²) in [5.41, 5.74) is 5.61. The summed E-state index contributed by atoms with van der Waals surface area (Å²) in [6.07, 6.45) is 3.03. The number of halogens is 3. The first kappa shape index (κ1) is 14.8. The largest absolute Gasteiger partial charge is 0.369 e. The quantitative estimate of drug-likeness (QED) is 0.834. The van der Waals surface area contributed by atoms with Gasteiger partial charge in [0.15, 0.2) is 17.5 Å². The average molecular weight is 286 g/mol. The molecule has 1 fully saturated rings. The molecule has 3 nitrogen and oxygen atoms in total. The lowest BCUT2D eigenvalue weighted by Gasteiger charge is -2.27. The van der Waals surface area contributed by atoms with Crippen molar-refractivity contribution in [3.8, 4) is 0 Å². The van der Waals surface area contributed by atoms with Gasteiger partial charge in [-0.25, -0.2) is 13.2 Å². The molecule has 2 rings (SSSR count). The molecule has 1 aromatic rings. The van der Waals surface area contributed by atoms with Gasteiger partial charge in [-0.15, -0.1) is 0 Å². The molecule has 0 spiro atoms. The van der Waals surface area contributed by atoms with Crippen molar-refractivity contribution in [2.24, 2.45) is 11.7 Å². The van der Waals surface area contributed by atoms with Crippen molar-refractivity contribution >= 4 is 5.91 Å². The van der Waals surface area contributed by atoms with Crippen molar-refractivity contribution in [2.75, 3.05) is 0 Å². The third kappa shape index (κ3) is 3.50. The Labute approximate surface area is 115 Å². The zero-order valence-electron chi connectivity index (χ0n) is 11.0. The number of rotatable bonds is 4. The molecule has 1 aliphatic carbocycles. The van der Waals surface area contributed by atoms with Gasteiger partial charge in [0.05, 0.1) is 0 Å². The maximum absolute atomic E-state index is 13.1. The van der Waals surface area contributed by atoms with Gasteiger partial charge in [-0.1, -0.05) is 0 Å². The molecule has 1 amide bonds. The van der Waals surface area contributed by atoms with Crippen molar-refractivity contribution in [3.05, 3.63) is 35.1 Å². The number of benzene rings is 1. The van der Waals surface area contributed by atoms with E-state index >= 15 is 0 Å². The Kier molecular flexibility index (Phi) is 4.65. The lowest BCUT2D eigenvalue weighted by Crippen LogP contribution is -2.36. The average Bonchev–Trinajstić information content (AvgIpc) is 2.42. The molecule has 0 aliphatic heterocycles. The minimum atomic E-state index is -1.45. The molecule has 20 heavy (non-hydrogen) atoms. The fourth-order valence-corrected chi connectivity index (χ4v) is 2.55. The molecule has 1 saturated carbocycles. The number of carbonyl (C=O) groups excluding carboxylic acids is 1. The SMILES string of the molecule is NC(=O)C1CCC(NCc2cc(F)c(F)c(F)c2)CC1. The monoisotopic (exact) mass is 286 g/mol. The van der Waals surface area contributed by atoms with Crippen molar-refractivity contribution in [1.29, 1.82) is 0 Å². The number of carbonyl (C=O) groups is 1. The number of nitrogens with two attached hydrogens (primary N) is 1. The number of primary amides is 1. The minimum absolute atomic E-state index is 0.0752. The molecule has 1 aliphatic rings. The van der Waals surface area contributed by atoms with Crippen LogP contribution in [0, 0.1) is 23.4 Å². The Bertz CT molecular complexity index is 476. The van der Waals surface area contributed by atoms with Crippen LogP contribution in [0.1, 0.15) is 31.2 Å². The van der Waals surface area contributed by atoms with Crippen LogP contribution in [0.15, 0.2) is 12.1 Å². The summed E-state index contributed by atoms with van der Waals surface area (Å²) in [5.74, 6) is -4.16. The van der Waals surface area contributed by atoms with Gasteiger partial charge in [0.1, 0.15) is 0 Å². The maximum atomic E-state index is 13.1. The highest BCUT2D eigenvalue weighted by molar-refractivity contribution is 5.76. The van der Waals surface area contributed by atoms with Crippen LogP contribution >= 0.6 is 0 Å². The summed E-state index contributed by atoms with van der Waals surface area (Å²) in [6.45, 7) is 0.264. The second kappa shape index (κ2) is 6.26. The van der Waals surface area contributed by atoms with E-state index in [1.165, 1.54) is 0 Å². The highest BCUT2D eigenvalue weighted by Crippen LogP contribution is 2.24. The molecular weight excluding hydrogens is 269 g/mol. The third-order valence-electron chi connectivity index (χ3n) is 3.77. The smallest absolute Gasteiger partial charge is 0.220 e. The third-order valence-corrected chi connectivity index (χ3v) is 3.77. The van der Waals surface area contributed by atoms with Gasteiger partial charge < -0.3 is 11.1 Å². The van der Waals surface area contributed by atoms with Crippen LogP contribution in [0.3, 0.4) is 0 Å². The van der Waals surface area contributed by atoms with E-state index in [-0.39, 0.29) is 24.4 Å². The second-order valence-corrected chi connectivity index (χ2v) is 5.21. The lowest BCUT2D eigenvalue weighted by atomic mass is 9.85. The van der Waals surface area contributed by atoms with E-state index < -0.39 is 17.5 Å². The standard InChI is InChI=1S/C14H17F3N2O/c15-11-5-8(6-12(16)13(11)17)7-19-10-3-1-9(2-4-10)14(18)20/h5-6,9-10,19H,1-4,7H2,(H2,18,20). The highest BCUT2D eigenvalue weighted by Gasteiger charge is 2.24. The van der Waals surface area contributed by atoms with E-state index in [1.807, 2.05) is 0 Å². The van der Waals surface area contributed by atoms with Gasteiger partial charge in [-0.2, -0.15) is 0 Å². The highest BCUT2D eigenvalue weighted by atomic mass is 19.2. The topological polar surface area (TPSA) is 55.1 Å². The van der Waals surface area contributed by atoms with Gasteiger partial charge in [0.25, 0.3) is 0 Å². The first-order valence-corrected chi connectivity index (χ1v) is 6.63. The summed E-state index contributed by atoms with van der Waals surface area (Å²) in [6, 6.07) is 2.16. The van der Waals surface area contributed by atoms with Crippen LogP contribution in [0.4, 0.5) is 13.2 Å². The molecule has 110 valence electrons. The Morgan fingerprint density at radius 1 is 1.15 bits per heavy atom. The normalized spacial score (nSPS) is 22.8. The molecule has 1 aromatic carbocycles. The van der Waals surface area contributed by atoms with Crippen LogP contribution in [-0.2, 0) is 11.3 Å². The molecule has 0 radical (unpaired) electrons. The number of hydrogen-bond acceptors (Lipinski definition) is 2. The lowest BCUT2D eigenvalue weighted by molar-refractivity contribution is -0.122. The summed E-state index contributed by atoms with van der Waals surface area (Å²) >= 11 is 0. The summed E-state index contributed by atoms with van der Waals surface area (Å²) < 4.78 is 38.9. The fraction of sp³-hybridized carbons (Fsp3) is 0.500. The summed E-state index contributed by atoms with van der Waals surface area (Å²) in [4.78, 5) is 11.0. The number of amides is 1. The van der Waals surface area contributed by atoms with E-state index in [1.54, 1.807) is 0 Å². The first-order valence-electron chi connectivity index (χ1n) is 6.63. The molecule has 0 atom stereocenters. The van der Waals surface area contributed by atoms with Gasteiger partial charge in [-0.3, -0.25) is 4.79 Å². The molecule has 0 saturated heterocycles. The van der Waals surface area contributed by atoms with Crippen molar-refractivity contribution in [3.63, 3.8) is 0 Å². The number of nitrogens with one attached hydrogen (secondary N) is 1. The van der Waals surface area contributed by atoms with Crippen molar-refractivity contribution in [2.45, 2.75) is 38.3 Å². The first-order chi connectivity index (χ1) is 9.47. The van der Waals surface area contributed by atoms with Crippen LogP contribution < -0.4 is 11.1 Å². The van der Waals surface area contributed by atoms with Crippen LogP contribution in [0.5, 0.6) is 0 Å². The molecule has 0 bridgehead atoms. The van der Waals surface area contributed by atoms with Gasteiger partial charge >= 0.3 is 0 Å². The number of hydrogen-bond donors (Lipinski definition) is 2. The summed E-state index contributed by atoms with van der Waals surface area (Å²) in [7, 11) is 0. The molecule has 6 heteroatoms. The Hall–Kier alpha value is -1.56. The van der Waals surface area contributed by atoms with Crippen molar-refractivity contribution in [1.82, 2.24) is 5.32 Å². The van der Waals surface area contributed by atoms with E-state index in [2.05, 4.69) is 5.32 Å². The Morgan fingerprint density at radius 3 is 2.20 bits per heavy atom. The Balaban J connectivity index is 1.86. The fourth-order valence-electron chi connectivity index (χ4n) is 2.55. The molecule has 0 unspecified atom stereocenters. The van der Waals surface area contributed by atoms with Crippen LogP contribution in [-0.4, -0.2) is 11.9 Å². The van der Waals surface area contributed by atoms with E-state index in [0.29, 0.717) is 5.56 Å².